The van der Waals surface area contributed by atoms with Crippen molar-refractivity contribution in [3.05, 3.63) is 95.1 Å². The summed E-state index contributed by atoms with van der Waals surface area (Å²) in [6.45, 7) is 0.0997. The van der Waals surface area contributed by atoms with E-state index in [1.54, 1.807) is 54.9 Å². The van der Waals surface area contributed by atoms with E-state index < -0.39 is 5.97 Å². The van der Waals surface area contributed by atoms with Gasteiger partial charge in [-0.2, -0.15) is 5.10 Å². The van der Waals surface area contributed by atoms with E-state index in [9.17, 15) is 9.59 Å². The lowest BCUT2D eigenvalue weighted by atomic mass is 10.1. The Labute approximate surface area is 186 Å². The van der Waals surface area contributed by atoms with Gasteiger partial charge in [-0.15, -0.1) is 0 Å². The zero-order valence-electron chi connectivity index (χ0n) is 16.5. The van der Waals surface area contributed by atoms with Crippen LogP contribution in [-0.2, 0) is 6.54 Å². The third kappa shape index (κ3) is 3.79. The van der Waals surface area contributed by atoms with Gasteiger partial charge >= 0.3 is 5.97 Å². The number of fused-ring (bicyclic) bond motifs is 2. The van der Waals surface area contributed by atoms with Crippen LogP contribution in [-0.4, -0.2) is 26.5 Å². The maximum atomic E-state index is 12.7. The highest BCUT2D eigenvalue weighted by molar-refractivity contribution is 6.32. The summed E-state index contributed by atoms with van der Waals surface area (Å²) in [5, 5.41) is 7.88. The molecule has 1 N–H and O–H groups in total. The number of para-hydroxylation sites is 1. The number of benzene rings is 2. The number of halogens is 1. The van der Waals surface area contributed by atoms with Gasteiger partial charge in [-0.25, -0.2) is 14.3 Å². The topological polar surface area (TPSA) is 98.7 Å². The Bertz CT molecular complexity index is 1460. The number of nitrogens with zero attached hydrogens (tertiary/aromatic N) is 3. The van der Waals surface area contributed by atoms with Crippen LogP contribution in [0.3, 0.4) is 0 Å². The fourth-order valence-electron chi connectivity index (χ4n) is 3.31. The van der Waals surface area contributed by atoms with E-state index in [1.165, 1.54) is 16.8 Å². The normalized spacial score (nSPS) is 11.0. The average molecular weight is 447 g/mol. The standard InChI is InChI=1S/C23H15ClN4O4/c24-15-9-14-10-17(12-26-22(29)19-13-27-28-8-4-7-25-21(19)28)31-20(14)18(11-15)23(30)32-16-5-2-1-3-6-16/h1-11,13H,12H2,(H,26,29). The molecule has 0 unspecified atom stereocenters. The van der Waals surface area contributed by atoms with Crippen LogP contribution < -0.4 is 10.1 Å². The molecule has 0 spiro atoms. The maximum absolute atomic E-state index is 12.7. The largest absolute Gasteiger partial charge is 0.458 e. The highest BCUT2D eigenvalue weighted by atomic mass is 35.5. The van der Waals surface area contributed by atoms with Gasteiger partial charge < -0.3 is 14.5 Å². The first-order valence-electron chi connectivity index (χ1n) is 9.64. The van der Waals surface area contributed by atoms with Gasteiger partial charge in [0.15, 0.2) is 5.65 Å². The molecule has 5 aromatic rings. The zero-order valence-corrected chi connectivity index (χ0v) is 17.2. The maximum Gasteiger partial charge on any atom is 0.347 e. The molecule has 0 fully saturated rings. The highest BCUT2D eigenvalue weighted by Crippen LogP contribution is 2.28. The van der Waals surface area contributed by atoms with Crippen LogP contribution in [0.25, 0.3) is 16.6 Å². The lowest BCUT2D eigenvalue weighted by Gasteiger charge is -2.05. The molecule has 158 valence electrons. The average Bonchev–Trinajstić information content (AvgIpc) is 3.41. The van der Waals surface area contributed by atoms with Crippen LogP contribution >= 0.6 is 11.6 Å². The van der Waals surface area contributed by atoms with E-state index in [1.807, 2.05) is 6.07 Å². The van der Waals surface area contributed by atoms with Crippen LogP contribution in [0.4, 0.5) is 0 Å². The number of hydrogen-bond acceptors (Lipinski definition) is 6. The molecule has 0 saturated carbocycles. The van der Waals surface area contributed by atoms with Gasteiger partial charge in [-0.1, -0.05) is 29.8 Å². The van der Waals surface area contributed by atoms with Crippen molar-refractivity contribution in [2.75, 3.05) is 0 Å². The summed E-state index contributed by atoms with van der Waals surface area (Å²) in [6, 6.07) is 15.3. The first kappa shape index (κ1) is 19.8. The van der Waals surface area contributed by atoms with Crippen molar-refractivity contribution in [3.8, 4) is 5.75 Å². The number of amides is 1. The summed E-state index contributed by atoms with van der Waals surface area (Å²) in [4.78, 5) is 29.5. The third-order valence-corrected chi connectivity index (χ3v) is 4.97. The first-order valence-corrected chi connectivity index (χ1v) is 10.0. The Morgan fingerprint density at radius 1 is 1.09 bits per heavy atom. The number of nitrogens with one attached hydrogen (secondary N) is 1. The molecular formula is C23H15ClN4O4. The minimum Gasteiger partial charge on any atom is -0.458 e. The Morgan fingerprint density at radius 3 is 2.78 bits per heavy atom. The van der Waals surface area contributed by atoms with Gasteiger partial charge in [0.05, 0.1) is 12.7 Å². The van der Waals surface area contributed by atoms with Crippen molar-refractivity contribution in [2.45, 2.75) is 6.54 Å². The third-order valence-electron chi connectivity index (χ3n) is 4.75. The molecule has 0 bridgehead atoms. The number of hydrogen-bond donors (Lipinski definition) is 1. The minimum atomic E-state index is -0.592. The molecule has 1 amide bonds. The number of rotatable bonds is 5. The van der Waals surface area contributed by atoms with E-state index in [2.05, 4.69) is 15.4 Å². The van der Waals surface area contributed by atoms with E-state index in [0.29, 0.717) is 38.7 Å². The van der Waals surface area contributed by atoms with Gasteiger partial charge in [-0.3, -0.25) is 4.79 Å². The number of carbonyl (C=O) groups excluding carboxylic acids is 2. The van der Waals surface area contributed by atoms with E-state index >= 15 is 0 Å². The molecule has 3 aromatic heterocycles. The molecule has 9 heteroatoms. The SMILES string of the molecule is O=C(Oc1ccccc1)c1cc(Cl)cc2cc(CNC(=O)c3cnn4cccnc34)oc12. The molecule has 2 aromatic carbocycles. The lowest BCUT2D eigenvalue weighted by molar-refractivity contribution is 0.0735. The summed E-state index contributed by atoms with van der Waals surface area (Å²) in [5.41, 5.74) is 1.32. The summed E-state index contributed by atoms with van der Waals surface area (Å²) in [5.74, 6) is -0.0764. The molecule has 0 aliphatic carbocycles. The predicted molar refractivity (Wildman–Crippen MR) is 117 cm³/mol. The minimum absolute atomic E-state index is 0.0997. The lowest BCUT2D eigenvalue weighted by Crippen LogP contribution is -2.22. The van der Waals surface area contributed by atoms with Crippen LogP contribution in [0.5, 0.6) is 5.75 Å². The predicted octanol–water partition coefficient (Wildman–Crippen LogP) is 4.28. The van der Waals surface area contributed by atoms with E-state index in [-0.39, 0.29) is 18.0 Å². The van der Waals surface area contributed by atoms with Crippen molar-refractivity contribution in [3.63, 3.8) is 0 Å². The van der Waals surface area contributed by atoms with E-state index in [0.717, 1.165) is 0 Å². The first-order chi connectivity index (χ1) is 15.6. The second kappa shape index (κ2) is 8.16. The molecule has 3 heterocycles. The molecular weight excluding hydrogens is 432 g/mol. The smallest absolute Gasteiger partial charge is 0.347 e. The number of ether oxygens (including phenoxy) is 1. The van der Waals surface area contributed by atoms with E-state index in [4.69, 9.17) is 20.8 Å². The van der Waals surface area contributed by atoms with Gasteiger partial charge in [0.1, 0.15) is 28.2 Å². The highest BCUT2D eigenvalue weighted by Gasteiger charge is 2.19. The van der Waals surface area contributed by atoms with Gasteiger partial charge in [0, 0.05) is 22.8 Å². The van der Waals surface area contributed by atoms with Crippen molar-refractivity contribution in [1.82, 2.24) is 19.9 Å². The molecule has 32 heavy (non-hydrogen) atoms. The fourth-order valence-corrected chi connectivity index (χ4v) is 3.54. The van der Waals surface area contributed by atoms with Gasteiger partial charge in [-0.05, 0) is 36.4 Å². The summed E-state index contributed by atoms with van der Waals surface area (Å²) < 4.78 is 12.8. The van der Waals surface area contributed by atoms with Crippen molar-refractivity contribution in [1.29, 1.82) is 0 Å². The van der Waals surface area contributed by atoms with Crippen molar-refractivity contribution < 1.29 is 18.7 Å². The molecule has 8 nitrogen and oxygen atoms in total. The van der Waals surface area contributed by atoms with Gasteiger partial charge in [0.25, 0.3) is 5.91 Å². The van der Waals surface area contributed by atoms with Gasteiger partial charge in [0.2, 0.25) is 0 Å². The Kier molecular flexibility index (Phi) is 5.04. The fraction of sp³-hybridized carbons (Fsp3) is 0.0435. The number of aromatic nitrogens is 3. The Morgan fingerprint density at radius 2 is 1.94 bits per heavy atom. The summed E-state index contributed by atoms with van der Waals surface area (Å²) >= 11 is 6.20. The second-order valence-corrected chi connectivity index (χ2v) is 7.35. The number of furan rings is 1. The van der Waals surface area contributed by atoms with Crippen LogP contribution in [0, 0.1) is 0 Å². The quantitative estimate of drug-likeness (QED) is 0.319. The molecule has 0 saturated heterocycles. The number of carbonyl (C=O) groups is 2. The molecule has 5 rings (SSSR count). The molecule has 0 aliphatic heterocycles. The second-order valence-electron chi connectivity index (χ2n) is 6.92. The number of esters is 1. The summed E-state index contributed by atoms with van der Waals surface area (Å²) in [7, 11) is 0. The molecule has 0 radical (unpaired) electrons. The Hall–Kier alpha value is -4.17. The van der Waals surface area contributed by atoms with Crippen LogP contribution in [0.15, 0.2) is 77.6 Å². The Balaban J connectivity index is 1.38. The zero-order chi connectivity index (χ0) is 22.1. The monoisotopic (exact) mass is 446 g/mol. The molecule has 0 atom stereocenters. The molecule has 0 aliphatic rings. The van der Waals surface area contributed by atoms with Crippen LogP contribution in [0.1, 0.15) is 26.5 Å². The summed E-state index contributed by atoms with van der Waals surface area (Å²) in [6.07, 6.45) is 4.75. The van der Waals surface area contributed by atoms with Crippen LogP contribution in [0.2, 0.25) is 5.02 Å². The van der Waals surface area contributed by atoms with Crippen molar-refractivity contribution in [2.24, 2.45) is 0 Å². The van der Waals surface area contributed by atoms with Crippen molar-refractivity contribution >= 4 is 40.1 Å².